The third-order valence-corrected chi connectivity index (χ3v) is 9.58. The summed E-state index contributed by atoms with van der Waals surface area (Å²) < 4.78 is 5.65. The summed E-state index contributed by atoms with van der Waals surface area (Å²) in [6.45, 7) is 8.91. The van der Waals surface area contributed by atoms with Gasteiger partial charge in [-0.15, -0.1) is 0 Å². The molecule has 0 unspecified atom stereocenters. The molecule has 2 nitrogen and oxygen atoms in total. The first-order chi connectivity index (χ1) is 11.9. The topological polar surface area (TPSA) is 26.3 Å². The number of carbonyl (C=O) groups excluding carboxylic acids is 1. The van der Waals surface area contributed by atoms with E-state index in [0.29, 0.717) is 16.7 Å². The van der Waals surface area contributed by atoms with Crippen molar-refractivity contribution in [2.24, 2.45) is 40.4 Å². The van der Waals surface area contributed by atoms with Gasteiger partial charge in [0.15, 0.2) is 0 Å². The van der Waals surface area contributed by atoms with Gasteiger partial charge in [-0.05, 0) is 92.8 Å². The van der Waals surface area contributed by atoms with Gasteiger partial charge in [0.05, 0.1) is 0 Å². The lowest BCUT2D eigenvalue weighted by molar-refractivity contribution is -0.154. The fourth-order valence-electron chi connectivity index (χ4n) is 8.45. The molecule has 0 spiro atoms. The molecule has 0 aromatic rings. The van der Waals surface area contributed by atoms with Crippen molar-refractivity contribution in [3.63, 3.8) is 0 Å². The molecule has 0 bridgehead atoms. The lowest BCUT2D eigenvalue weighted by Crippen LogP contribution is -2.53. The summed E-state index contributed by atoms with van der Waals surface area (Å²) in [6, 6.07) is 0. The molecule has 25 heavy (non-hydrogen) atoms. The summed E-state index contributed by atoms with van der Waals surface area (Å²) >= 11 is 0. The molecule has 0 aliphatic heterocycles. The number of ether oxygens (including phenoxy) is 1. The highest BCUT2D eigenvalue weighted by molar-refractivity contribution is 5.66. The van der Waals surface area contributed by atoms with Gasteiger partial charge in [-0.3, -0.25) is 4.79 Å². The van der Waals surface area contributed by atoms with Gasteiger partial charge in [0.2, 0.25) is 0 Å². The smallest absolute Gasteiger partial charge is 0.302 e. The van der Waals surface area contributed by atoms with Crippen molar-refractivity contribution in [1.82, 2.24) is 0 Å². The molecule has 2 heteroatoms. The van der Waals surface area contributed by atoms with E-state index in [1.807, 2.05) is 0 Å². The van der Waals surface area contributed by atoms with Crippen LogP contribution in [0.1, 0.15) is 91.9 Å². The van der Waals surface area contributed by atoms with Crippen LogP contribution in [0.3, 0.4) is 0 Å². The summed E-state index contributed by atoms with van der Waals surface area (Å²) in [5.41, 5.74) is 1.02. The zero-order valence-electron chi connectivity index (χ0n) is 16.9. The molecule has 4 aliphatic rings. The summed E-state index contributed by atoms with van der Waals surface area (Å²) in [5.74, 6) is 4.24. The van der Waals surface area contributed by atoms with E-state index in [1.165, 1.54) is 64.2 Å². The van der Waals surface area contributed by atoms with E-state index in [1.54, 1.807) is 6.92 Å². The summed E-state index contributed by atoms with van der Waals surface area (Å²) in [7, 11) is 0. The summed E-state index contributed by atoms with van der Waals surface area (Å²) in [4.78, 5) is 11.5. The predicted octanol–water partition coefficient (Wildman–Crippen LogP) is 5.99. The van der Waals surface area contributed by atoms with Crippen molar-refractivity contribution in [2.75, 3.05) is 0 Å². The monoisotopic (exact) mass is 346 g/mol. The van der Waals surface area contributed by atoms with E-state index in [-0.39, 0.29) is 12.1 Å². The van der Waals surface area contributed by atoms with Crippen LogP contribution in [0.5, 0.6) is 0 Å². The fraction of sp³-hybridized carbons (Fsp3) is 0.957. The molecule has 0 heterocycles. The Kier molecular flexibility index (Phi) is 4.48. The fourth-order valence-corrected chi connectivity index (χ4v) is 8.45. The van der Waals surface area contributed by atoms with Gasteiger partial charge < -0.3 is 4.74 Å². The highest BCUT2D eigenvalue weighted by Gasteiger charge is 2.60. The molecular weight excluding hydrogens is 308 g/mol. The number of fused-ring (bicyclic) bond motifs is 5. The third-order valence-electron chi connectivity index (χ3n) is 9.58. The maximum absolute atomic E-state index is 11.5. The molecule has 4 saturated carbocycles. The number of carbonyl (C=O) groups is 1. The first kappa shape index (κ1) is 17.9. The second-order valence-corrected chi connectivity index (χ2v) is 10.4. The van der Waals surface area contributed by atoms with Gasteiger partial charge in [0, 0.05) is 12.8 Å². The van der Waals surface area contributed by atoms with Crippen molar-refractivity contribution in [2.45, 2.75) is 98.0 Å². The predicted molar refractivity (Wildman–Crippen MR) is 101 cm³/mol. The van der Waals surface area contributed by atoms with E-state index in [9.17, 15) is 4.79 Å². The molecule has 4 fully saturated rings. The Balaban J connectivity index is 1.56. The van der Waals surface area contributed by atoms with Crippen molar-refractivity contribution in [3.05, 3.63) is 0 Å². The minimum absolute atomic E-state index is 0.0886. The molecule has 0 N–H and O–H groups in total. The van der Waals surface area contributed by atoms with Crippen molar-refractivity contribution < 1.29 is 9.53 Å². The molecule has 8 atom stereocenters. The van der Waals surface area contributed by atoms with Crippen LogP contribution in [0.25, 0.3) is 0 Å². The normalized spacial score (nSPS) is 50.3. The van der Waals surface area contributed by atoms with Crippen LogP contribution in [-0.2, 0) is 9.53 Å². The number of hydrogen-bond acceptors (Lipinski definition) is 2. The van der Waals surface area contributed by atoms with Crippen LogP contribution < -0.4 is 0 Å². The Morgan fingerprint density at radius 1 is 0.920 bits per heavy atom. The van der Waals surface area contributed by atoms with Crippen LogP contribution in [0.4, 0.5) is 0 Å². The standard InChI is InChI=1S/C23H38O2/c1-15(25-16(2)24)19-10-11-20-18-9-8-17-7-5-6-13-22(17,3)21(18)12-14-23(19,20)4/h15,17-21H,5-14H2,1-4H3/t15-,17+,18-,19+,20-,21-,22-,23+/m0/s1. The maximum atomic E-state index is 11.5. The molecule has 0 amide bonds. The minimum Gasteiger partial charge on any atom is -0.463 e. The van der Waals surface area contributed by atoms with Crippen molar-refractivity contribution in [1.29, 1.82) is 0 Å². The number of rotatable bonds is 2. The Labute approximate surface area is 154 Å². The number of esters is 1. The Morgan fingerprint density at radius 3 is 2.44 bits per heavy atom. The van der Waals surface area contributed by atoms with Crippen LogP contribution in [0.2, 0.25) is 0 Å². The molecule has 0 aromatic carbocycles. The van der Waals surface area contributed by atoms with E-state index < -0.39 is 0 Å². The van der Waals surface area contributed by atoms with E-state index >= 15 is 0 Å². The summed E-state index contributed by atoms with van der Waals surface area (Å²) in [5, 5.41) is 0. The average Bonchev–Trinajstić information content (AvgIpc) is 2.91. The van der Waals surface area contributed by atoms with E-state index in [2.05, 4.69) is 20.8 Å². The van der Waals surface area contributed by atoms with Gasteiger partial charge in [-0.2, -0.15) is 0 Å². The van der Waals surface area contributed by atoms with Crippen molar-refractivity contribution in [3.8, 4) is 0 Å². The average molecular weight is 347 g/mol. The highest BCUT2D eigenvalue weighted by atomic mass is 16.5. The van der Waals surface area contributed by atoms with Gasteiger partial charge in [0.25, 0.3) is 0 Å². The largest absolute Gasteiger partial charge is 0.463 e. The van der Waals surface area contributed by atoms with Gasteiger partial charge in [-0.25, -0.2) is 0 Å². The lowest BCUT2D eigenvalue weighted by atomic mass is 9.45. The molecule has 0 saturated heterocycles. The molecular formula is C23H38O2. The molecule has 4 aliphatic carbocycles. The SMILES string of the molecule is CC(=O)O[C@@H](C)[C@H]1CC[C@H]2[C@@H]3CC[C@H]4CCCC[C@]4(C)[C@H]3CC[C@]12C. The second kappa shape index (κ2) is 6.27. The quantitative estimate of drug-likeness (QED) is 0.574. The first-order valence-corrected chi connectivity index (χ1v) is 11.0. The zero-order valence-corrected chi connectivity index (χ0v) is 16.9. The first-order valence-electron chi connectivity index (χ1n) is 11.0. The zero-order chi connectivity index (χ0) is 17.8. The maximum Gasteiger partial charge on any atom is 0.302 e. The van der Waals surface area contributed by atoms with E-state index in [0.717, 1.165) is 23.7 Å². The minimum atomic E-state index is -0.108. The van der Waals surface area contributed by atoms with Crippen LogP contribution in [0.15, 0.2) is 0 Å². The Bertz CT molecular complexity index is 528. The molecule has 4 rings (SSSR count). The van der Waals surface area contributed by atoms with Crippen LogP contribution in [0, 0.1) is 40.4 Å². The van der Waals surface area contributed by atoms with Gasteiger partial charge >= 0.3 is 5.97 Å². The lowest BCUT2D eigenvalue weighted by Gasteiger charge is -2.60. The Morgan fingerprint density at radius 2 is 1.68 bits per heavy atom. The van der Waals surface area contributed by atoms with E-state index in [4.69, 9.17) is 4.74 Å². The molecule has 0 aromatic heterocycles. The Hall–Kier alpha value is -0.530. The molecule has 142 valence electrons. The van der Waals surface area contributed by atoms with Crippen LogP contribution >= 0.6 is 0 Å². The molecule has 0 radical (unpaired) electrons. The van der Waals surface area contributed by atoms with Gasteiger partial charge in [-0.1, -0.05) is 26.7 Å². The second-order valence-electron chi connectivity index (χ2n) is 10.4. The third kappa shape index (κ3) is 2.69. The van der Waals surface area contributed by atoms with Crippen LogP contribution in [-0.4, -0.2) is 12.1 Å². The number of hydrogen-bond donors (Lipinski definition) is 0. The van der Waals surface area contributed by atoms with Crippen molar-refractivity contribution >= 4 is 5.97 Å². The summed E-state index contributed by atoms with van der Waals surface area (Å²) in [6.07, 6.45) is 14.4. The highest BCUT2D eigenvalue weighted by Crippen LogP contribution is 2.67. The van der Waals surface area contributed by atoms with Gasteiger partial charge in [0.1, 0.15) is 6.10 Å².